The molecule has 1 aromatic rings. The van der Waals surface area contributed by atoms with E-state index in [9.17, 15) is 13.9 Å². The molecule has 0 radical (unpaired) electrons. The molecule has 0 aromatic heterocycles. The Hall–Kier alpha value is -0.430. The summed E-state index contributed by atoms with van der Waals surface area (Å²) >= 11 is 2.92. The van der Waals surface area contributed by atoms with E-state index in [4.69, 9.17) is 10.5 Å². The molecule has 108 valence electrons. The normalized spacial score (nSPS) is 17.9. The highest BCUT2D eigenvalue weighted by Gasteiger charge is 2.27. The topological polar surface area (TPSA) is 55.5 Å². The molecule has 1 aliphatic heterocycles. The molecule has 1 aliphatic rings. The maximum atomic E-state index is 13.4. The van der Waals surface area contributed by atoms with Crippen LogP contribution in [0, 0.1) is 17.6 Å². The Balaban J connectivity index is 0.00000180. The van der Waals surface area contributed by atoms with Gasteiger partial charge in [-0.2, -0.15) is 4.39 Å². The fraction of sp³-hybridized carbons (Fsp3) is 0.500. The number of aromatic hydroxyl groups is 1. The van der Waals surface area contributed by atoms with E-state index < -0.39 is 23.4 Å². The second kappa shape index (κ2) is 6.83. The Morgan fingerprint density at radius 1 is 1.32 bits per heavy atom. The third kappa shape index (κ3) is 3.37. The van der Waals surface area contributed by atoms with Crippen molar-refractivity contribution >= 4 is 28.3 Å². The number of phenols is 1. The van der Waals surface area contributed by atoms with Crippen LogP contribution in [0.5, 0.6) is 5.75 Å². The van der Waals surface area contributed by atoms with Crippen molar-refractivity contribution in [3.63, 3.8) is 0 Å². The lowest BCUT2D eigenvalue weighted by molar-refractivity contribution is 0.0580. The van der Waals surface area contributed by atoms with Crippen molar-refractivity contribution in [1.82, 2.24) is 0 Å². The number of rotatable bonds is 2. The molecule has 19 heavy (non-hydrogen) atoms. The number of benzene rings is 1. The van der Waals surface area contributed by atoms with E-state index in [1.54, 1.807) is 0 Å². The molecule has 1 saturated heterocycles. The number of nitrogens with two attached hydrogens (primary N) is 1. The zero-order valence-corrected chi connectivity index (χ0v) is 12.4. The molecule has 0 saturated carbocycles. The first-order chi connectivity index (χ1) is 8.52. The van der Waals surface area contributed by atoms with Crippen molar-refractivity contribution in [2.45, 2.75) is 18.9 Å². The van der Waals surface area contributed by atoms with E-state index in [0.717, 1.165) is 12.8 Å². The Morgan fingerprint density at radius 2 is 1.89 bits per heavy atom. The van der Waals surface area contributed by atoms with Gasteiger partial charge in [0.15, 0.2) is 11.6 Å². The summed E-state index contributed by atoms with van der Waals surface area (Å²) in [4.78, 5) is 0. The van der Waals surface area contributed by atoms with Gasteiger partial charge in [-0.3, -0.25) is 0 Å². The van der Waals surface area contributed by atoms with Crippen LogP contribution in [-0.2, 0) is 4.74 Å². The first-order valence-electron chi connectivity index (χ1n) is 5.72. The van der Waals surface area contributed by atoms with Crippen molar-refractivity contribution in [2.75, 3.05) is 13.2 Å². The zero-order valence-electron chi connectivity index (χ0n) is 10.0. The van der Waals surface area contributed by atoms with E-state index in [2.05, 4.69) is 15.9 Å². The molecule has 3 N–H and O–H groups in total. The molecule has 1 aromatic carbocycles. The lowest BCUT2D eigenvalue weighted by Gasteiger charge is -2.28. The molecular weight excluding hydrogens is 343 g/mol. The summed E-state index contributed by atoms with van der Waals surface area (Å²) in [6.45, 7) is 1.20. The first kappa shape index (κ1) is 16.6. The second-order valence-electron chi connectivity index (χ2n) is 4.40. The van der Waals surface area contributed by atoms with Crippen LogP contribution in [0.3, 0.4) is 0 Å². The van der Waals surface area contributed by atoms with E-state index in [1.165, 1.54) is 6.07 Å². The van der Waals surface area contributed by atoms with Gasteiger partial charge in [0.2, 0.25) is 5.82 Å². The minimum atomic E-state index is -1.26. The monoisotopic (exact) mass is 357 g/mol. The summed E-state index contributed by atoms with van der Waals surface area (Å²) in [5.41, 5.74) is 6.26. The zero-order chi connectivity index (χ0) is 13.3. The molecule has 7 heteroatoms. The molecule has 3 nitrogen and oxygen atoms in total. The van der Waals surface area contributed by atoms with Crippen molar-refractivity contribution in [3.8, 4) is 5.75 Å². The van der Waals surface area contributed by atoms with Crippen molar-refractivity contribution in [1.29, 1.82) is 0 Å². The van der Waals surface area contributed by atoms with Gasteiger partial charge in [0.05, 0.1) is 4.47 Å². The summed E-state index contributed by atoms with van der Waals surface area (Å²) in [6.07, 6.45) is 1.49. The average Bonchev–Trinajstić information content (AvgIpc) is 2.41. The lowest BCUT2D eigenvalue weighted by Crippen LogP contribution is -2.27. The van der Waals surface area contributed by atoms with E-state index in [1.807, 2.05) is 0 Å². The third-order valence-corrected chi connectivity index (χ3v) is 3.88. The fourth-order valence-corrected chi connectivity index (χ4v) is 2.61. The van der Waals surface area contributed by atoms with Crippen LogP contribution < -0.4 is 5.73 Å². The molecular formula is C12H15BrClF2NO2. The molecule has 0 spiro atoms. The summed E-state index contributed by atoms with van der Waals surface area (Å²) in [6, 6.07) is 0.814. The smallest absolute Gasteiger partial charge is 0.201 e. The number of hydrogen-bond acceptors (Lipinski definition) is 3. The fourth-order valence-electron chi connectivity index (χ4n) is 2.19. The first-order valence-corrected chi connectivity index (χ1v) is 6.51. The molecule has 0 amide bonds. The maximum Gasteiger partial charge on any atom is 0.201 e. The molecule has 1 fully saturated rings. The minimum absolute atomic E-state index is 0. The highest BCUT2D eigenvalue weighted by Crippen LogP contribution is 2.37. The van der Waals surface area contributed by atoms with Gasteiger partial charge in [0.1, 0.15) is 0 Å². The van der Waals surface area contributed by atoms with Crippen LogP contribution in [0.1, 0.15) is 24.4 Å². The van der Waals surface area contributed by atoms with E-state index in [0.29, 0.717) is 13.2 Å². The van der Waals surface area contributed by atoms with Crippen molar-refractivity contribution in [3.05, 3.63) is 27.7 Å². The van der Waals surface area contributed by atoms with Gasteiger partial charge in [0.25, 0.3) is 0 Å². The molecule has 0 bridgehead atoms. The minimum Gasteiger partial charge on any atom is -0.505 e. The highest BCUT2D eigenvalue weighted by molar-refractivity contribution is 9.10. The van der Waals surface area contributed by atoms with Gasteiger partial charge in [-0.05, 0) is 40.8 Å². The van der Waals surface area contributed by atoms with E-state index in [-0.39, 0.29) is 28.4 Å². The van der Waals surface area contributed by atoms with Gasteiger partial charge in [-0.25, -0.2) is 4.39 Å². The van der Waals surface area contributed by atoms with Gasteiger partial charge < -0.3 is 15.6 Å². The summed E-state index contributed by atoms with van der Waals surface area (Å²) in [5.74, 6) is -2.96. The summed E-state index contributed by atoms with van der Waals surface area (Å²) < 4.78 is 31.9. The van der Waals surface area contributed by atoms with Crippen LogP contribution in [0.4, 0.5) is 8.78 Å². The number of ether oxygens (including phenoxy) is 1. The second-order valence-corrected chi connectivity index (χ2v) is 5.25. The van der Waals surface area contributed by atoms with Gasteiger partial charge in [-0.15, -0.1) is 12.4 Å². The largest absolute Gasteiger partial charge is 0.505 e. The van der Waals surface area contributed by atoms with Crippen LogP contribution in [0.2, 0.25) is 0 Å². The van der Waals surface area contributed by atoms with Crippen molar-refractivity contribution < 1.29 is 18.6 Å². The van der Waals surface area contributed by atoms with Crippen LogP contribution in [-0.4, -0.2) is 18.3 Å². The summed E-state index contributed by atoms with van der Waals surface area (Å²) in [7, 11) is 0. The maximum absolute atomic E-state index is 13.4. The number of halogens is 4. The average molecular weight is 359 g/mol. The number of phenolic OH excluding ortho intramolecular Hbond substituents is 1. The summed E-state index contributed by atoms with van der Waals surface area (Å²) in [5, 5.41) is 9.66. The Labute approximate surface area is 124 Å². The SMILES string of the molecule is Cl.N[C@@H](c1cc(Br)c(F)c(F)c1O)C1CCOCC1. The quantitative estimate of drug-likeness (QED) is 0.798. The van der Waals surface area contributed by atoms with Crippen LogP contribution >= 0.6 is 28.3 Å². The Morgan fingerprint density at radius 3 is 2.47 bits per heavy atom. The number of hydrogen-bond donors (Lipinski definition) is 2. The predicted octanol–water partition coefficient (Wildman–Crippen LogP) is 3.28. The van der Waals surface area contributed by atoms with Crippen LogP contribution in [0.15, 0.2) is 10.5 Å². The Kier molecular flexibility index (Phi) is 5.98. The van der Waals surface area contributed by atoms with E-state index >= 15 is 0 Å². The highest BCUT2D eigenvalue weighted by atomic mass is 79.9. The predicted molar refractivity (Wildman–Crippen MR) is 73.4 cm³/mol. The molecule has 1 heterocycles. The molecule has 0 aliphatic carbocycles. The van der Waals surface area contributed by atoms with Gasteiger partial charge in [-0.1, -0.05) is 0 Å². The molecule has 1 atom stereocenters. The van der Waals surface area contributed by atoms with Crippen molar-refractivity contribution in [2.24, 2.45) is 11.7 Å². The standard InChI is InChI=1S/C12H14BrF2NO2.ClH/c13-8-5-7(12(17)10(15)9(8)14)11(16)6-1-3-18-4-2-6;/h5-6,11,17H,1-4,16H2;1H/t11-;/m1./s1. The Bertz CT molecular complexity index is 456. The van der Waals surface area contributed by atoms with Crippen LogP contribution in [0.25, 0.3) is 0 Å². The van der Waals surface area contributed by atoms with Gasteiger partial charge in [0, 0.05) is 24.8 Å². The molecule has 0 unspecified atom stereocenters. The third-order valence-electron chi connectivity index (χ3n) is 3.30. The molecule has 2 rings (SSSR count). The van der Waals surface area contributed by atoms with Gasteiger partial charge >= 0.3 is 0 Å². The lowest BCUT2D eigenvalue weighted by atomic mass is 9.87.